The van der Waals surface area contributed by atoms with Crippen LogP contribution in [-0.4, -0.2) is 49.2 Å². The molecule has 11 heavy (non-hydrogen) atoms. The van der Waals surface area contributed by atoms with E-state index in [1.54, 1.807) is 0 Å². The van der Waals surface area contributed by atoms with E-state index in [-0.39, 0.29) is 5.91 Å². The molecule has 0 saturated heterocycles. The van der Waals surface area contributed by atoms with Gasteiger partial charge in [0.05, 0.1) is 0 Å². The van der Waals surface area contributed by atoms with Gasteiger partial charge in [0.2, 0.25) is 5.91 Å². The van der Waals surface area contributed by atoms with Crippen LogP contribution in [-0.2, 0) is 4.79 Å². The van der Waals surface area contributed by atoms with E-state index in [9.17, 15) is 4.79 Å². The monoisotopic (exact) mass is 160 g/mol. The molecule has 0 aromatic heterocycles. The lowest BCUT2D eigenvalue weighted by Gasteiger charge is -2.10. The van der Waals surface area contributed by atoms with E-state index in [1.165, 1.54) is 6.92 Å². The molecule has 0 bridgehead atoms. The molecule has 0 aromatic rings. The van der Waals surface area contributed by atoms with Crippen LogP contribution in [0.2, 0.25) is 0 Å². The molecule has 1 atom stereocenters. The van der Waals surface area contributed by atoms with E-state index in [2.05, 4.69) is 5.32 Å². The number of nitrogens with zero attached hydrogens (tertiary/aromatic N) is 1. The number of hydrogen-bond acceptors (Lipinski definition) is 3. The quantitative estimate of drug-likeness (QED) is 0.557. The first-order valence-corrected chi connectivity index (χ1v) is 3.64. The molecule has 0 fully saturated rings. The lowest BCUT2D eigenvalue weighted by atomic mass is 10.4. The number of carbonyl (C=O) groups is 1. The molecule has 66 valence electrons. The molecule has 0 aliphatic heterocycles. The summed E-state index contributed by atoms with van der Waals surface area (Å²) >= 11 is 0. The summed E-state index contributed by atoms with van der Waals surface area (Å²) in [5.41, 5.74) is 0. The van der Waals surface area contributed by atoms with Gasteiger partial charge in [0, 0.05) is 13.1 Å². The Morgan fingerprint density at radius 1 is 1.64 bits per heavy atom. The zero-order chi connectivity index (χ0) is 8.85. The molecular formula is C7H16N2O2. The van der Waals surface area contributed by atoms with Crippen LogP contribution in [0, 0.1) is 0 Å². The number of nitrogens with one attached hydrogen (secondary N) is 1. The van der Waals surface area contributed by atoms with E-state index in [0.29, 0.717) is 6.54 Å². The second-order valence-electron chi connectivity index (χ2n) is 2.77. The maximum absolute atomic E-state index is 10.7. The van der Waals surface area contributed by atoms with Gasteiger partial charge in [-0.05, 0) is 21.0 Å². The van der Waals surface area contributed by atoms with Crippen LogP contribution in [0.15, 0.2) is 0 Å². The summed E-state index contributed by atoms with van der Waals surface area (Å²) in [6.45, 7) is 2.82. The fourth-order valence-corrected chi connectivity index (χ4v) is 0.550. The third-order valence-corrected chi connectivity index (χ3v) is 1.24. The summed E-state index contributed by atoms with van der Waals surface area (Å²) in [6, 6.07) is 0. The van der Waals surface area contributed by atoms with Crippen molar-refractivity contribution in [2.24, 2.45) is 0 Å². The first-order chi connectivity index (χ1) is 5.04. The van der Waals surface area contributed by atoms with Gasteiger partial charge in [0.25, 0.3) is 0 Å². The Labute approximate surface area is 67.2 Å². The van der Waals surface area contributed by atoms with Crippen molar-refractivity contribution in [1.82, 2.24) is 10.2 Å². The minimum absolute atomic E-state index is 0.313. The number of amides is 1. The van der Waals surface area contributed by atoms with Crippen molar-refractivity contribution in [1.29, 1.82) is 0 Å². The lowest BCUT2D eigenvalue weighted by molar-refractivity contribution is -0.128. The van der Waals surface area contributed by atoms with Crippen molar-refractivity contribution >= 4 is 5.91 Å². The Morgan fingerprint density at radius 2 is 2.18 bits per heavy atom. The summed E-state index contributed by atoms with van der Waals surface area (Å²) in [6.07, 6.45) is -0.905. The molecule has 4 heteroatoms. The van der Waals surface area contributed by atoms with Crippen molar-refractivity contribution in [3.05, 3.63) is 0 Å². The Bertz CT molecular complexity index is 124. The second-order valence-corrected chi connectivity index (χ2v) is 2.77. The fraction of sp³-hybridized carbons (Fsp3) is 0.857. The van der Waals surface area contributed by atoms with Crippen LogP contribution in [0.4, 0.5) is 0 Å². The number of rotatable bonds is 4. The fourth-order valence-electron chi connectivity index (χ4n) is 0.550. The van der Waals surface area contributed by atoms with Gasteiger partial charge in [-0.15, -0.1) is 0 Å². The average molecular weight is 160 g/mol. The first-order valence-electron chi connectivity index (χ1n) is 3.64. The molecule has 0 saturated carbocycles. The van der Waals surface area contributed by atoms with Crippen molar-refractivity contribution in [2.75, 3.05) is 27.2 Å². The maximum Gasteiger partial charge on any atom is 0.248 e. The van der Waals surface area contributed by atoms with Crippen molar-refractivity contribution in [3.8, 4) is 0 Å². The van der Waals surface area contributed by atoms with Gasteiger partial charge in [-0.3, -0.25) is 4.79 Å². The molecule has 0 radical (unpaired) electrons. The van der Waals surface area contributed by atoms with Crippen LogP contribution < -0.4 is 5.32 Å². The van der Waals surface area contributed by atoms with Gasteiger partial charge in [-0.25, -0.2) is 0 Å². The molecule has 0 spiro atoms. The van der Waals surface area contributed by atoms with Gasteiger partial charge in [-0.2, -0.15) is 0 Å². The van der Waals surface area contributed by atoms with E-state index < -0.39 is 6.10 Å². The smallest absolute Gasteiger partial charge is 0.248 e. The molecule has 0 heterocycles. The molecule has 0 rings (SSSR count). The molecule has 0 aromatic carbocycles. The molecule has 1 amide bonds. The third-order valence-electron chi connectivity index (χ3n) is 1.24. The normalized spacial score (nSPS) is 13.2. The molecule has 0 aliphatic carbocycles. The summed E-state index contributed by atoms with van der Waals surface area (Å²) < 4.78 is 0. The minimum Gasteiger partial charge on any atom is -0.384 e. The highest BCUT2D eigenvalue weighted by molar-refractivity contribution is 5.79. The summed E-state index contributed by atoms with van der Waals surface area (Å²) in [7, 11) is 3.85. The van der Waals surface area contributed by atoms with Crippen molar-refractivity contribution < 1.29 is 9.90 Å². The van der Waals surface area contributed by atoms with Crippen LogP contribution in [0.1, 0.15) is 6.92 Å². The maximum atomic E-state index is 10.7. The van der Waals surface area contributed by atoms with E-state index in [0.717, 1.165) is 6.54 Å². The predicted molar refractivity (Wildman–Crippen MR) is 43.2 cm³/mol. The van der Waals surface area contributed by atoms with E-state index >= 15 is 0 Å². The Balaban J connectivity index is 3.32. The third kappa shape index (κ3) is 5.82. The summed E-state index contributed by atoms with van der Waals surface area (Å²) in [4.78, 5) is 12.7. The minimum atomic E-state index is -0.905. The summed E-state index contributed by atoms with van der Waals surface area (Å²) in [5.74, 6) is -0.313. The average Bonchev–Trinajstić information content (AvgIpc) is 1.86. The number of carbonyl (C=O) groups excluding carboxylic acids is 1. The summed E-state index contributed by atoms with van der Waals surface area (Å²) in [5, 5.41) is 11.3. The second kappa shape index (κ2) is 5.09. The van der Waals surface area contributed by atoms with E-state index in [1.807, 2.05) is 19.0 Å². The van der Waals surface area contributed by atoms with Crippen molar-refractivity contribution in [2.45, 2.75) is 13.0 Å². The number of aliphatic hydroxyl groups is 1. The number of hydrogen-bond donors (Lipinski definition) is 2. The first kappa shape index (κ1) is 10.4. The standard InChI is InChI=1S/C7H16N2O2/c1-6(10)7(11)8-4-5-9(2)3/h6,10H,4-5H2,1-3H3,(H,8,11). The lowest BCUT2D eigenvalue weighted by Crippen LogP contribution is -2.36. The highest BCUT2D eigenvalue weighted by Gasteiger charge is 2.06. The van der Waals surface area contributed by atoms with E-state index in [4.69, 9.17) is 5.11 Å². The Morgan fingerprint density at radius 3 is 2.55 bits per heavy atom. The Kier molecular flexibility index (Phi) is 4.81. The zero-order valence-corrected chi connectivity index (χ0v) is 7.29. The Hall–Kier alpha value is -0.610. The topological polar surface area (TPSA) is 52.6 Å². The SMILES string of the molecule is CC(O)C(=O)NCCN(C)C. The highest BCUT2D eigenvalue weighted by atomic mass is 16.3. The molecule has 4 nitrogen and oxygen atoms in total. The highest BCUT2D eigenvalue weighted by Crippen LogP contribution is 1.78. The van der Waals surface area contributed by atoms with Gasteiger partial charge >= 0.3 is 0 Å². The van der Waals surface area contributed by atoms with Crippen LogP contribution in [0.3, 0.4) is 0 Å². The van der Waals surface area contributed by atoms with Crippen LogP contribution >= 0.6 is 0 Å². The molecule has 1 unspecified atom stereocenters. The van der Waals surface area contributed by atoms with Crippen LogP contribution in [0.25, 0.3) is 0 Å². The largest absolute Gasteiger partial charge is 0.384 e. The molecular weight excluding hydrogens is 144 g/mol. The number of likely N-dealkylation sites (N-methyl/N-ethyl adjacent to an activating group) is 1. The number of aliphatic hydroxyl groups excluding tert-OH is 1. The van der Waals surface area contributed by atoms with Crippen LogP contribution in [0.5, 0.6) is 0 Å². The van der Waals surface area contributed by atoms with Gasteiger partial charge in [0.15, 0.2) is 0 Å². The molecule has 2 N–H and O–H groups in total. The van der Waals surface area contributed by atoms with Gasteiger partial charge in [0.1, 0.15) is 6.10 Å². The molecule has 0 aliphatic rings. The van der Waals surface area contributed by atoms with Gasteiger partial charge < -0.3 is 15.3 Å². The zero-order valence-electron chi connectivity index (χ0n) is 7.29. The predicted octanol–water partition coefficient (Wildman–Crippen LogP) is -0.955. The van der Waals surface area contributed by atoms with Gasteiger partial charge in [-0.1, -0.05) is 0 Å². The van der Waals surface area contributed by atoms with Crippen molar-refractivity contribution in [3.63, 3.8) is 0 Å².